The molecule has 2 atom stereocenters. The Balaban J connectivity index is 0.000000341. The maximum absolute atomic E-state index is 12.4. The molecule has 7 nitrogen and oxygen atoms in total. The molecule has 1 aromatic carbocycles. The fourth-order valence-corrected chi connectivity index (χ4v) is 3.88. The molecule has 202 valence electrons. The Morgan fingerprint density at radius 2 is 1.86 bits per heavy atom. The van der Waals surface area contributed by atoms with E-state index in [1.165, 1.54) is 18.2 Å². The molecule has 1 heterocycles. The van der Waals surface area contributed by atoms with Gasteiger partial charge in [-0.2, -0.15) is 11.8 Å². The number of nitrogens with one attached hydrogen (secondary N) is 1. The molecule has 2 unspecified atom stereocenters. The zero-order valence-electron chi connectivity index (χ0n) is 23.2. The SMILES string of the molecule is CC(C)=CC1C(C(=O)OCc2coc(Cc3ccccc3)c2)C1(C)C.CNC(=O)O/N=C/C(C)(C)SC. The monoisotopic (exact) mass is 528 g/mol. The Morgan fingerprint density at radius 3 is 2.46 bits per heavy atom. The molecule has 1 fully saturated rings. The van der Waals surface area contributed by atoms with Crippen LogP contribution in [-0.4, -0.2) is 36.3 Å². The van der Waals surface area contributed by atoms with E-state index in [2.05, 4.69) is 61.2 Å². The molecule has 0 spiro atoms. The topological polar surface area (TPSA) is 90.1 Å². The van der Waals surface area contributed by atoms with Crippen molar-refractivity contribution in [1.29, 1.82) is 0 Å². The summed E-state index contributed by atoms with van der Waals surface area (Å²) in [6.45, 7) is 12.6. The number of esters is 1. The first-order valence-electron chi connectivity index (χ1n) is 12.3. The molecule has 1 N–H and O–H groups in total. The second-order valence-corrected chi connectivity index (χ2v) is 11.9. The van der Waals surface area contributed by atoms with Crippen molar-refractivity contribution in [2.45, 2.75) is 59.3 Å². The van der Waals surface area contributed by atoms with Gasteiger partial charge in [-0.1, -0.05) is 61.0 Å². The highest BCUT2D eigenvalue weighted by Gasteiger charge is 2.61. The van der Waals surface area contributed by atoms with Crippen molar-refractivity contribution in [3.8, 4) is 0 Å². The lowest BCUT2D eigenvalue weighted by atomic mass is 10.1. The van der Waals surface area contributed by atoms with Gasteiger partial charge in [-0.3, -0.25) is 9.63 Å². The van der Waals surface area contributed by atoms with Crippen molar-refractivity contribution in [2.24, 2.45) is 22.4 Å². The van der Waals surface area contributed by atoms with E-state index in [9.17, 15) is 9.59 Å². The van der Waals surface area contributed by atoms with Crippen LogP contribution in [0.2, 0.25) is 0 Å². The number of carbonyl (C=O) groups excluding carboxylic acids is 2. The number of amides is 1. The summed E-state index contributed by atoms with van der Waals surface area (Å²) in [6, 6.07) is 12.1. The average molecular weight is 529 g/mol. The highest BCUT2D eigenvalue weighted by Crippen LogP contribution is 2.59. The van der Waals surface area contributed by atoms with E-state index in [4.69, 9.17) is 9.15 Å². The van der Waals surface area contributed by atoms with Crippen LogP contribution < -0.4 is 5.32 Å². The van der Waals surface area contributed by atoms with Crippen LogP contribution in [0.25, 0.3) is 0 Å². The normalized spacial score (nSPS) is 17.8. The fraction of sp³-hybridized carbons (Fsp3) is 0.483. The van der Waals surface area contributed by atoms with Gasteiger partial charge in [0.05, 0.1) is 18.4 Å². The van der Waals surface area contributed by atoms with Crippen LogP contribution in [0.15, 0.2) is 63.9 Å². The van der Waals surface area contributed by atoms with Gasteiger partial charge < -0.3 is 14.5 Å². The largest absolute Gasteiger partial charge is 0.469 e. The minimum atomic E-state index is -0.553. The fourth-order valence-electron chi connectivity index (χ4n) is 3.73. The van der Waals surface area contributed by atoms with Gasteiger partial charge in [-0.05, 0) is 56.9 Å². The van der Waals surface area contributed by atoms with E-state index in [1.807, 2.05) is 44.4 Å². The van der Waals surface area contributed by atoms with Crippen LogP contribution in [-0.2, 0) is 27.4 Å². The molecule has 1 saturated carbocycles. The average Bonchev–Trinajstić information content (AvgIpc) is 3.15. The molecule has 1 aromatic heterocycles. The molecule has 1 aliphatic rings. The molecule has 0 radical (unpaired) electrons. The molecular weight excluding hydrogens is 488 g/mol. The predicted octanol–water partition coefficient (Wildman–Crippen LogP) is 6.62. The van der Waals surface area contributed by atoms with Crippen LogP contribution in [0.5, 0.6) is 0 Å². The second-order valence-electron chi connectivity index (χ2n) is 10.4. The van der Waals surface area contributed by atoms with Gasteiger partial charge in [0.25, 0.3) is 0 Å². The summed E-state index contributed by atoms with van der Waals surface area (Å²) in [6.07, 6.45) is 7.60. The number of hydrogen-bond donors (Lipinski definition) is 1. The second kappa shape index (κ2) is 13.5. The van der Waals surface area contributed by atoms with Crippen molar-refractivity contribution >= 4 is 30.0 Å². The van der Waals surface area contributed by atoms with E-state index in [0.29, 0.717) is 0 Å². The summed E-state index contributed by atoms with van der Waals surface area (Å²) in [5, 5.41) is 5.81. The molecule has 1 aliphatic carbocycles. The van der Waals surface area contributed by atoms with Gasteiger partial charge in [-0.25, -0.2) is 4.79 Å². The van der Waals surface area contributed by atoms with Crippen LogP contribution in [0.1, 0.15) is 58.4 Å². The van der Waals surface area contributed by atoms with Gasteiger partial charge in [0.15, 0.2) is 0 Å². The van der Waals surface area contributed by atoms with Crippen LogP contribution in [0, 0.1) is 17.3 Å². The third-order valence-electron chi connectivity index (χ3n) is 6.22. The number of allylic oxidation sites excluding steroid dienone is 2. The maximum atomic E-state index is 12.4. The van der Waals surface area contributed by atoms with Crippen molar-refractivity contribution in [2.75, 3.05) is 13.3 Å². The first kappa shape index (κ1) is 30.2. The van der Waals surface area contributed by atoms with Crippen molar-refractivity contribution < 1.29 is 23.6 Å². The molecule has 2 aromatic rings. The number of furan rings is 1. The zero-order valence-corrected chi connectivity index (χ0v) is 24.0. The van der Waals surface area contributed by atoms with E-state index >= 15 is 0 Å². The molecule has 1 amide bonds. The predicted molar refractivity (Wildman–Crippen MR) is 150 cm³/mol. The molecule has 8 heteroatoms. The van der Waals surface area contributed by atoms with Crippen LogP contribution in [0.3, 0.4) is 0 Å². The Kier molecular flexibility index (Phi) is 11.0. The van der Waals surface area contributed by atoms with Crippen molar-refractivity contribution in [1.82, 2.24) is 5.32 Å². The number of oxime groups is 1. The summed E-state index contributed by atoms with van der Waals surface area (Å²) in [7, 11) is 1.48. The third kappa shape index (κ3) is 9.76. The number of nitrogens with zero attached hydrogens (tertiary/aromatic N) is 1. The summed E-state index contributed by atoms with van der Waals surface area (Å²) in [5.41, 5.74) is 3.33. The highest BCUT2D eigenvalue weighted by atomic mass is 32.2. The maximum Gasteiger partial charge on any atom is 0.433 e. The summed E-state index contributed by atoms with van der Waals surface area (Å²) >= 11 is 1.63. The van der Waals surface area contributed by atoms with Gasteiger partial charge in [-0.15, -0.1) is 0 Å². The minimum absolute atomic E-state index is 0.0107. The number of thioether (sulfide) groups is 1. The lowest BCUT2D eigenvalue weighted by Gasteiger charge is -2.13. The quantitative estimate of drug-likeness (QED) is 0.129. The Morgan fingerprint density at radius 1 is 1.19 bits per heavy atom. The number of carbonyl (C=O) groups is 2. The van der Waals surface area contributed by atoms with Gasteiger partial charge in [0, 0.05) is 23.8 Å². The van der Waals surface area contributed by atoms with E-state index < -0.39 is 6.09 Å². The van der Waals surface area contributed by atoms with Crippen LogP contribution >= 0.6 is 11.8 Å². The molecule has 0 bridgehead atoms. The number of hydrogen-bond acceptors (Lipinski definition) is 7. The van der Waals surface area contributed by atoms with Gasteiger partial charge >= 0.3 is 12.1 Å². The van der Waals surface area contributed by atoms with Crippen molar-refractivity contribution in [3.05, 3.63) is 71.2 Å². The van der Waals surface area contributed by atoms with Gasteiger partial charge in [0.1, 0.15) is 12.4 Å². The Bertz CT molecular complexity index is 1080. The van der Waals surface area contributed by atoms with Crippen LogP contribution in [0.4, 0.5) is 4.79 Å². The Hall–Kier alpha value is -3.00. The molecular formula is C29H40N2O5S. The van der Waals surface area contributed by atoms with E-state index in [1.54, 1.807) is 24.2 Å². The lowest BCUT2D eigenvalue weighted by molar-refractivity contribution is -0.147. The zero-order chi connectivity index (χ0) is 27.6. The number of rotatable bonds is 9. The third-order valence-corrected chi connectivity index (χ3v) is 7.37. The number of ether oxygens (including phenoxy) is 1. The summed E-state index contributed by atoms with van der Waals surface area (Å²) in [5.74, 6) is 1.01. The van der Waals surface area contributed by atoms with Gasteiger partial charge in [0.2, 0.25) is 0 Å². The lowest BCUT2D eigenvalue weighted by Crippen LogP contribution is -2.19. The summed E-state index contributed by atoms with van der Waals surface area (Å²) < 4.78 is 11.0. The Labute approximate surface area is 225 Å². The molecule has 37 heavy (non-hydrogen) atoms. The molecule has 0 saturated heterocycles. The molecule has 0 aliphatic heterocycles. The number of benzene rings is 1. The summed E-state index contributed by atoms with van der Waals surface area (Å²) in [4.78, 5) is 27.4. The van der Waals surface area contributed by atoms with E-state index in [0.717, 1.165) is 17.7 Å². The standard InChI is InChI=1S/C22H26O3.C7H14N2O2S/c1-15(2)10-19-20(22(19,3)4)21(23)25-14-17-12-18(24-13-17)11-16-8-6-5-7-9-16;1-7(2,12-4)5-9-11-6(10)8-3/h5-10,12-13,19-20H,11,14H2,1-4H3;5H,1-4H3,(H,8,10)/b;9-5+. The highest BCUT2D eigenvalue weighted by molar-refractivity contribution is 8.00. The molecule has 3 rings (SSSR count). The first-order chi connectivity index (χ1) is 17.4. The smallest absolute Gasteiger partial charge is 0.433 e. The minimum Gasteiger partial charge on any atom is -0.469 e. The van der Waals surface area contributed by atoms with Crippen molar-refractivity contribution in [3.63, 3.8) is 0 Å². The van der Waals surface area contributed by atoms with E-state index in [-0.39, 0.29) is 34.6 Å². The first-order valence-corrected chi connectivity index (χ1v) is 13.5.